The molecule has 1 atom stereocenters. The minimum atomic E-state index is -0.562. The molecule has 0 heterocycles. The summed E-state index contributed by atoms with van der Waals surface area (Å²) in [5, 5.41) is 8.80. The highest BCUT2D eigenvalue weighted by molar-refractivity contribution is 6.17. The zero-order chi connectivity index (χ0) is 7.11. The van der Waals surface area contributed by atoms with Gasteiger partial charge in [0.05, 0.1) is 19.3 Å². The maximum atomic E-state index is 8.80. The van der Waals surface area contributed by atoms with Crippen molar-refractivity contribution in [2.45, 2.75) is 6.10 Å². The van der Waals surface area contributed by atoms with E-state index in [0.717, 1.165) is 0 Å². The van der Waals surface area contributed by atoms with Crippen molar-refractivity contribution >= 4 is 11.6 Å². The highest BCUT2D eigenvalue weighted by Gasteiger charge is 1.94. The van der Waals surface area contributed by atoms with Gasteiger partial charge in [0.15, 0.2) is 0 Å². The van der Waals surface area contributed by atoms with Gasteiger partial charge >= 0.3 is 0 Å². The van der Waals surface area contributed by atoms with Gasteiger partial charge in [0.25, 0.3) is 0 Å². The molecule has 0 radical (unpaired) electrons. The van der Waals surface area contributed by atoms with Gasteiger partial charge in [0.1, 0.15) is 0 Å². The molecular weight excluding hydrogens is 140 g/mol. The summed E-state index contributed by atoms with van der Waals surface area (Å²) in [5.41, 5.74) is 0. The first-order chi connectivity index (χ1) is 4.31. The molecule has 0 spiro atoms. The molecule has 0 rings (SSSR count). The predicted molar refractivity (Wildman–Crippen MR) is 37.7 cm³/mol. The molecule has 0 bridgehead atoms. The fraction of sp³-hybridized carbons (Fsp3) is 0.667. The lowest BCUT2D eigenvalue weighted by Gasteiger charge is -2.03. The minimum absolute atomic E-state index is 0.288. The molecule has 0 aliphatic heterocycles. The highest BCUT2D eigenvalue weighted by Crippen LogP contribution is 1.86. The second-order valence-corrected chi connectivity index (χ2v) is 1.94. The van der Waals surface area contributed by atoms with Crippen molar-refractivity contribution in [3.8, 4) is 0 Å². The van der Waals surface area contributed by atoms with Crippen LogP contribution in [0.5, 0.6) is 0 Å². The zero-order valence-corrected chi connectivity index (χ0v) is 5.97. The first-order valence-electron chi connectivity index (χ1n) is 2.75. The van der Waals surface area contributed by atoms with E-state index < -0.39 is 6.10 Å². The van der Waals surface area contributed by atoms with Crippen molar-refractivity contribution in [2.75, 3.05) is 19.1 Å². The van der Waals surface area contributed by atoms with Crippen LogP contribution in [0.3, 0.4) is 0 Å². The van der Waals surface area contributed by atoms with E-state index in [1.54, 1.807) is 0 Å². The van der Waals surface area contributed by atoms with E-state index in [0.29, 0.717) is 12.5 Å². The molecule has 0 fully saturated rings. The van der Waals surface area contributed by atoms with Crippen LogP contribution in [0.4, 0.5) is 0 Å². The molecule has 1 N–H and O–H groups in total. The number of halogens is 1. The quantitative estimate of drug-likeness (QED) is 0.357. The van der Waals surface area contributed by atoms with Gasteiger partial charge in [-0.2, -0.15) is 0 Å². The van der Waals surface area contributed by atoms with Crippen LogP contribution in [0.1, 0.15) is 0 Å². The molecule has 0 aliphatic carbocycles. The Morgan fingerprint density at radius 2 is 2.44 bits per heavy atom. The third-order valence-corrected chi connectivity index (χ3v) is 0.936. The molecule has 1 unspecified atom stereocenters. The van der Waals surface area contributed by atoms with Crippen LogP contribution in [0.15, 0.2) is 12.7 Å². The second-order valence-electron chi connectivity index (χ2n) is 1.57. The minimum Gasteiger partial charge on any atom is -0.387 e. The van der Waals surface area contributed by atoms with Gasteiger partial charge in [-0.3, -0.25) is 0 Å². The lowest BCUT2D eigenvalue weighted by atomic mass is 10.4. The zero-order valence-electron chi connectivity index (χ0n) is 5.22. The summed E-state index contributed by atoms with van der Waals surface area (Å²) in [6.45, 7) is 4.14. The van der Waals surface area contributed by atoms with E-state index in [2.05, 4.69) is 6.58 Å². The highest BCUT2D eigenvalue weighted by atomic mass is 35.5. The first kappa shape index (κ1) is 8.95. The Morgan fingerprint density at radius 1 is 1.78 bits per heavy atom. The Labute approximate surface area is 60.1 Å². The van der Waals surface area contributed by atoms with Crippen molar-refractivity contribution in [1.82, 2.24) is 0 Å². The van der Waals surface area contributed by atoms with E-state index in [9.17, 15) is 0 Å². The molecule has 0 amide bonds. The summed E-state index contributed by atoms with van der Waals surface area (Å²) >= 11 is 5.30. The normalized spacial score (nSPS) is 13.1. The monoisotopic (exact) mass is 150 g/mol. The number of aliphatic hydroxyl groups is 1. The average molecular weight is 151 g/mol. The molecule has 0 aliphatic rings. The summed E-state index contributed by atoms with van der Waals surface area (Å²) < 4.78 is 4.88. The Balaban J connectivity index is 2.96. The standard InChI is InChI=1S/C6H11ClO2/c1-2-6(8)5-9-4-3-7/h2,6,8H,1,3-5H2. The molecule has 0 aromatic carbocycles. The molecule has 2 nitrogen and oxygen atoms in total. The molecule has 0 aromatic heterocycles. The lowest BCUT2D eigenvalue weighted by molar-refractivity contribution is 0.0680. The van der Waals surface area contributed by atoms with Crippen LogP contribution in [-0.2, 0) is 4.74 Å². The summed E-state index contributed by atoms with van der Waals surface area (Å²) in [7, 11) is 0. The fourth-order valence-corrected chi connectivity index (χ4v) is 0.436. The summed E-state index contributed by atoms with van der Waals surface area (Å²) in [5.74, 6) is 0.462. The van der Waals surface area contributed by atoms with Gasteiger partial charge in [-0.15, -0.1) is 18.2 Å². The number of aliphatic hydroxyl groups excluding tert-OH is 1. The maximum Gasteiger partial charge on any atom is 0.0951 e. The van der Waals surface area contributed by atoms with Gasteiger partial charge in [0, 0.05) is 5.88 Å². The van der Waals surface area contributed by atoms with Gasteiger partial charge in [-0.25, -0.2) is 0 Å². The van der Waals surface area contributed by atoms with Crippen molar-refractivity contribution in [3.63, 3.8) is 0 Å². The van der Waals surface area contributed by atoms with Crippen molar-refractivity contribution in [3.05, 3.63) is 12.7 Å². The second kappa shape index (κ2) is 6.08. The number of hydrogen-bond acceptors (Lipinski definition) is 2. The largest absolute Gasteiger partial charge is 0.387 e. The van der Waals surface area contributed by atoms with Gasteiger partial charge in [-0.05, 0) is 0 Å². The van der Waals surface area contributed by atoms with E-state index in [4.69, 9.17) is 21.4 Å². The van der Waals surface area contributed by atoms with Crippen LogP contribution in [0, 0.1) is 0 Å². The van der Waals surface area contributed by atoms with Crippen LogP contribution >= 0.6 is 11.6 Å². The van der Waals surface area contributed by atoms with Crippen molar-refractivity contribution < 1.29 is 9.84 Å². The van der Waals surface area contributed by atoms with Gasteiger partial charge in [-0.1, -0.05) is 6.08 Å². The van der Waals surface area contributed by atoms with Crippen LogP contribution in [-0.4, -0.2) is 30.3 Å². The average Bonchev–Trinajstić information content (AvgIpc) is 1.89. The Kier molecular flexibility index (Phi) is 6.04. The Hall–Kier alpha value is -0.0500. The predicted octanol–water partition coefficient (Wildman–Crippen LogP) is 0.789. The van der Waals surface area contributed by atoms with Crippen molar-refractivity contribution in [2.24, 2.45) is 0 Å². The molecule has 0 saturated heterocycles. The summed E-state index contributed by atoms with van der Waals surface area (Å²) in [6.07, 6.45) is 0.863. The Morgan fingerprint density at radius 3 is 2.89 bits per heavy atom. The van der Waals surface area contributed by atoms with Crippen LogP contribution in [0.2, 0.25) is 0 Å². The number of alkyl halides is 1. The third-order valence-electron chi connectivity index (χ3n) is 0.782. The van der Waals surface area contributed by atoms with Gasteiger partial charge in [0.2, 0.25) is 0 Å². The molecule has 0 saturated carbocycles. The smallest absolute Gasteiger partial charge is 0.0951 e. The third kappa shape index (κ3) is 5.83. The molecule has 54 valence electrons. The van der Waals surface area contributed by atoms with E-state index in [-0.39, 0.29) is 6.61 Å². The molecular formula is C6H11ClO2. The van der Waals surface area contributed by atoms with Gasteiger partial charge < -0.3 is 9.84 Å². The summed E-state index contributed by atoms with van der Waals surface area (Å²) in [4.78, 5) is 0. The van der Waals surface area contributed by atoms with Crippen LogP contribution < -0.4 is 0 Å². The van der Waals surface area contributed by atoms with E-state index >= 15 is 0 Å². The SMILES string of the molecule is C=CC(O)COCCCl. The summed E-state index contributed by atoms with van der Waals surface area (Å²) in [6, 6.07) is 0. The molecule has 0 aromatic rings. The number of ether oxygens (including phenoxy) is 1. The molecule has 9 heavy (non-hydrogen) atoms. The van der Waals surface area contributed by atoms with Crippen molar-refractivity contribution in [1.29, 1.82) is 0 Å². The fourth-order valence-electron chi connectivity index (χ4n) is 0.327. The van der Waals surface area contributed by atoms with E-state index in [1.165, 1.54) is 6.08 Å². The number of rotatable bonds is 5. The topological polar surface area (TPSA) is 29.5 Å². The Bertz CT molecular complexity index is 75.5. The van der Waals surface area contributed by atoms with Crippen LogP contribution in [0.25, 0.3) is 0 Å². The first-order valence-corrected chi connectivity index (χ1v) is 3.29. The number of hydrogen-bond donors (Lipinski definition) is 1. The lowest BCUT2D eigenvalue weighted by Crippen LogP contribution is -2.12. The van der Waals surface area contributed by atoms with E-state index in [1.807, 2.05) is 0 Å². The maximum absolute atomic E-state index is 8.80. The molecule has 3 heteroatoms.